The number of carbonyl (C=O) groups is 1. The van der Waals surface area contributed by atoms with E-state index in [4.69, 9.17) is 0 Å². The van der Waals surface area contributed by atoms with E-state index >= 15 is 0 Å². The second-order valence-electron chi connectivity index (χ2n) is 9.71. The molecule has 186 valence electrons. The van der Waals surface area contributed by atoms with E-state index in [0.29, 0.717) is 29.8 Å². The molecule has 0 unspecified atom stereocenters. The summed E-state index contributed by atoms with van der Waals surface area (Å²) in [5.41, 5.74) is -0.781. The molecule has 3 heterocycles. The van der Waals surface area contributed by atoms with Crippen LogP contribution in [0, 0.1) is 24.4 Å². The molecule has 8 nitrogen and oxygen atoms in total. The topological polar surface area (TPSA) is 102 Å². The van der Waals surface area contributed by atoms with Crippen molar-refractivity contribution in [3.8, 4) is 0 Å². The summed E-state index contributed by atoms with van der Waals surface area (Å²) in [5, 5.41) is 10.1. The van der Waals surface area contributed by atoms with Crippen LogP contribution in [-0.2, 0) is 0 Å². The number of nitrogens with zero attached hydrogens (tertiary/aromatic N) is 4. The van der Waals surface area contributed by atoms with Crippen LogP contribution in [0.3, 0.4) is 0 Å². The average molecular weight is 489 g/mol. The van der Waals surface area contributed by atoms with Gasteiger partial charge >= 0.3 is 6.09 Å². The molecule has 1 aliphatic rings. The molecule has 0 spiro atoms. The number of benzene rings is 1. The molecule has 2 aromatic heterocycles. The molecule has 3 aromatic rings. The Kier molecular flexibility index (Phi) is 6.20. The van der Waals surface area contributed by atoms with Gasteiger partial charge in [0.05, 0.1) is 11.6 Å². The maximum atomic E-state index is 14.8. The van der Waals surface area contributed by atoms with Crippen molar-refractivity contribution in [2.45, 2.75) is 51.6 Å². The van der Waals surface area contributed by atoms with Gasteiger partial charge in [0.25, 0.3) is 5.56 Å². The molecule has 1 aliphatic heterocycles. The SMILES string of the molecule is Cc1nc2ccc(N3CC[C@H](c4cc(F)c(F)cc4F)[C@@H](N(C(=O)O)C(C)(C)C)C3)nc2c(=O)[nH]1. The lowest BCUT2D eigenvalue weighted by molar-refractivity contribution is 0.0562. The van der Waals surface area contributed by atoms with Gasteiger partial charge in [0.1, 0.15) is 17.5 Å². The van der Waals surface area contributed by atoms with Gasteiger partial charge in [-0.1, -0.05) is 0 Å². The Morgan fingerprint density at radius 3 is 2.49 bits per heavy atom. The Hall–Kier alpha value is -3.63. The van der Waals surface area contributed by atoms with Gasteiger partial charge in [-0.25, -0.2) is 27.9 Å². The summed E-state index contributed by atoms with van der Waals surface area (Å²) in [4.78, 5) is 39.1. The van der Waals surface area contributed by atoms with Crippen LogP contribution in [0.15, 0.2) is 29.1 Å². The van der Waals surface area contributed by atoms with Gasteiger partial charge in [-0.3, -0.25) is 9.69 Å². The first kappa shape index (κ1) is 24.5. The quantitative estimate of drug-likeness (QED) is 0.535. The van der Waals surface area contributed by atoms with E-state index in [9.17, 15) is 27.9 Å². The largest absolute Gasteiger partial charge is 0.465 e. The number of hydrogen-bond acceptors (Lipinski definition) is 5. The van der Waals surface area contributed by atoms with E-state index in [-0.39, 0.29) is 24.0 Å². The number of piperidine rings is 1. The van der Waals surface area contributed by atoms with Gasteiger partial charge in [-0.15, -0.1) is 0 Å². The van der Waals surface area contributed by atoms with Crippen LogP contribution in [0.4, 0.5) is 23.8 Å². The molecule has 4 rings (SSSR count). The number of pyridine rings is 1. The molecule has 0 radical (unpaired) electrons. The zero-order valence-corrected chi connectivity index (χ0v) is 19.8. The van der Waals surface area contributed by atoms with Crippen LogP contribution >= 0.6 is 0 Å². The lowest BCUT2D eigenvalue weighted by Crippen LogP contribution is -2.59. The van der Waals surface area contributed by atoms with Crippen molar-refractivity contribution < 1.29 is 23.1 Å². The molecule has 0 aliphatic carbocycles. The number of aryl methyl sites for hydroxylation is 1. The molecule has 35 heavy (non-hydrogen) atoms. The van der Waals surface area contributed by atoms with Crippen LogP contribution < -0.4 is 10.5 Å². The number of aromatic amines is 1. The number of halogens is 3. The van der Waals surface area contributed by atoms with E-state index in [1.807, 2.05) is 0 Å². The number of carboxylic acid groups (broad SMARTS) is 1. The Morgan fingerprint density at radius 2 is 1.83 bits per heavy atom. The number of rotatable bonds is 3. The number of H-pyrrole nitrogens is 1. The Labute approximate surface area is 199 Å². The van der Waals surface area contributed by atoms with Crippen LogP contribution in [0.25, 0.3) is 11.0 Å². The molecule has 1 saturated heterocycles. The third-order valence-electron chi connectivity index (χ3n) is 6.26. The fraction of sp³-hybridized carbons (Fsp3) is 0.417. The number of anilines is 1. The molecule has 0 saturated carbocycles. The van der Waals surface area contributed by atoms with Crippen molar-refractivity contribution in [1.29, 1.82) is 0 Å². The van der Waals surface area contributed by atoms with E-state index < -0.39 is 46.6 Å². The molecule has 1 fully saturated rings. The number of hydrogen-bond donors (Lipinski definition) is 2. The third-order valence-corrected chi connectivity index (χ3v) is 6.26. The molecule has 1 aromatic carbocycles. The number of nitrogens with one attached hydrogen (secondary N) is 1. The minimum Gasteiger partial charge on any atom is -0.465 e. The normalized spacial score (nSPS) is 18.7. The Bertz CT molecular complexity index is 1350. The monoisotopic (exact) mass is 489 g/mol. The van der Waals surface area contributed by atoms with Gasteiger partial charge in [-0.2, -0.15) is 0 Å². The zero-order chi connectivity index (χ0) is 25.7. The van der Waals surface area contributed by atoms with Crippen molar-refractivity contribution in [2.75, 3.05) is 18.0 Å². The van der Waals surface area contributed by atoms with Gasteiger partial charge in [0.2, 0.25) is 0 Å². The summed E-state index contributed by atoms with van der Waals surface area (Å²) in [6, 6.07) is 3.83. The van der Waals surface area contributed by atoms with E-state index in [1.165, 1.54) is 4.90 Å². The van der Waals surface area contributed by atoms with Crippen molar-refractivity contribution in [3.05, 3.63) is 63.5 Å². The van der Waals surface area contributed by atoms with Crippen LogP contribution in [0.1, 0.15) is 44.5 Å². The fourth-order valence-corrected chi connectivity index (χ4v) is 4.82. The maximum Gasteiger partial charge on any atom is 0.408 e. The summed E-state index contributed by atoms with van der Waals surface area (Å²) in [6.07, 6.45) is -0.978. The minimum atomic E-state index is -1.31. The fourth-order valence-electron chi connectivity index (χ4n) is 4.82. The van der Waals surface area contributed by atoms with Gasteiger partial charge < -0.3 is 15.0 Å². The molecule has 2 atom stereocenters. The first-order valence-electron chi connectivity index (χ1n) is 11.2. The highest BCUT2D eigenvalue weighted by Crippen LogP contribution is 2.38. The summed E-state index contributed by atoms with van der Waals surface area (Å²) < 4.78 is 42.4. The van der Waals surface area contributed by atoms with Gasteiger partial charge in [0.15, 0.2) is 17.2 Å². The molecular formula is C24H26F3N5O3. The second-order valence-corrected chi connectivity index (χ2v) is 9.71. The molecule has 1 amide bonds. The minimum absolute atomic E-state index is 0.0772. The van der Waals surface area contributed by atoms with Crippen molar-refractivity contribution >= 4 is 22.9 Å². The van der Waals surface area contributed by atoms with Crippen LogP contribution in [0.5, 0.6) is 0 Å². The Balaban J connectivity index is 1.78. The third kappa shape index (κ3) is 4.67. The van der Waals surface area contributed by atoms with Crippen molar-refractivity contribution in [3.63, 3.8) is 0 Å². The smallest absolute Gasteiger partial charge is 0.408 e. The van der Waals surface area contributed by atoms with Gasteiger partial charge in [0, 0.05) is 30.6 Å². The Morgan fingerprint density at radius 1 is 1.14 bits per heavy atom. The molecular weight excluding hydrogens is 463 g/mol. The summed E-state index contributed by atoms with van der Waals surface area (Å²) >= 11 is 0. The van der Waals surface area contributed by atoms with Crippen LogP contribution in [-0.4, -0.2) is 55.7 Å². The highest BCUT2D eigenvalue weighted by Gasteiger charge is 2.43. The van der Waals surface area contributed by atoms with Crippen molar-refractivity contribution in [2.24, 2.45) is 0 Å². The average Bonchev–Trinajstić information content (AvgIpc) is 2.75. The first-order valence-corrected chi connectivity index (χ1v) is 11.2. The molecule has 11 heteroatoms. The maximum absolute atomic E-state index is 14.8. The van der Waals surface area contributed by atoms with E-state index in [1.54, 1.807) is 44.7 Å². The summed E-state index contributed by atoms with van der Waals surface area (Å²) in [6.45, 7) is 7.21. The van der Waals surface area contributed by atoms with E-state index in [0.717, 1.165) is 6.07 Å². The van der Waals surface area contributed by atoms with Gasteiger partial charge in [-0.05, 0) is 57.9 Å². The molecule has 2 N–H and O–H groups in total. The summed E-state index contributed by atoms with van der Waals surface area (Å²) in [7, 11) is 0. The standard InChI is InChI=1S/C24H26F3N5O3/c1-12-28-18-5-6-20(30-21(18)22(33)29-12)31-8-7-13(14-9-16(26)17(27)10-15(14)25)19(11-31)32(23(34)35)24(2,3)4/h5-6,9-10,13,19H,7-8,11H2,1-4H3,(H,34,35)(H,28,29,33)/t13-,19+/m1/s1. The number of amides is 1. The lowest BCUT2D eigenvalue weighted by Gasteiger charge is -2.48. The highest BCUT2D eigenvalue weighted by atomic mass is 19.2. The van der Waals surface area contributed by atoms with Crippen molar-refractivity contribution in [1.82, 2.24) is 19.9 Å². The highest BCUT2D eigenvalue weighted by molar-refractivity contribution is 5.75. The second kappa shape index (κ2) is 8.86. The lowest BCUT2D eigenvalue weighted by atomic mass is 9.82. The predicted molar refractivity (Wildman–Crippen MR) is 124 cm³/mol. The zero-order valence-electron chi connectivity index (χ0n) is 19.8. The van der Waals surface area contributed by atoms with Crippen LogP contribution in [0.2, 0.25) is 0 Å². The summed E-state index contributed by atoms with van der Waals surface area (Å²) in [5.74, 6) is -3.27. The van der Waals surface area contributed by atoms with E-state index in [2.05, 4.69) is 15.0 Å². The molecule has 0 bridgehead atoms. The number of fused-ring (bicyclic) bond motifs is 1. The number of aromatic nitrogens is 3. The predicted octanol–water partition coefficient (Wildman–Crippen LogP) is 4.18. The first-order chi connectivity index (χ1) is 16.4.